The number of carbonyl (C=O) groups excluding carboxylic acids is 2. The number of rotatable bonds is 0. The minimum absolute atomic E-state index is 0.382. The Morgan fingerprint density at radius 1 is 0.905 bits per heavy atom. The topological polar surface area (TPSA) is 61.9 Å². The Morgan fingerprint density at radius 3 is 2.10 bits per heavy atom. The number of carbonyl (C=O) groups is 2. The molecule has 2 heterocycles. The van der Waals surface area contributed by atoms with Crippen LogP contribution in [0.3, 0.4) is 0 Å². The van der Waals surface area contributed by atoms with Crippen LogP contribution in [0.1, 0.15) is 34.1 Å². The van der Waals surface area contributed by atoms with Gasteiger partial charge < -0.3 is 19.9 Å². The van der Waals surface area contributed by atoms with Crippen LogP contribution >= 0.6 is 0 Å². The van der Waals surface area contributed by atoms with Gasteiger partial charge in [-0.05, 0) is 40.7 Å². The van der Waals surface area contributed by atoms with Gasteiger partial charge in [-0.2, -0.15) is 0 Å². The van der Waals surface area contributed by atoms with Gasteiger partial charge in [0.15, 0.2) is 0 Å². The van der Waals surface area contributed by atoms with Crippen LogP contribution in [0, 0.1) is 0 Å². The Bertz CT molecular complexity index is 396. The van der Waals surface area contributed by atoms with Crippen molar-refractivity contribution in [2.45, 2.75) is 45.3 Å². The second-order valence-electron chi connectivity index (χ2n) is 7.18. The Kier molecular flexibility index (Phi) is 4.58. The zero-order chi connectivity index (χ0) is 15.7. The summed E-state index contributed by atoms with van der Waals surface area (Å²) >= 11 is 0. The molecule has 6 heteroatoms. The van der Waals surface area contributed by atoms with Crippen LogP contribution in [0.2, 0.25) is 0 Å². The molecule has 0 radical (unpaired) electrons. The predicted molar refractivity (Wildman–Crippen MR) is 79.9 cm³/mol. The highest BCUT2D eigenvalue weighted by Crippen LogP contribution is 2.28. The van der Waals surface area contributed by atoms with Crippen molar-refractivity contribution in [3.05, 3.63) is 0 Å². The molecule has 0 spiro atoms. The van der Waals surface area contributed by atoms with E-state index >= 15 is 0 Å². The molecule has 0 aromatic heterocycles. The Hall–Kier alpha value is -1.14. The van der Waals surface area contributed by atoms with E-state index in [9.17, 15) is 9.59 Å². The molecule has 2 rings (SSSR count). The van der Waals surface area contributed by atoms with Crippen LogP contribution in [0.15, 0.2) is 0 Å². The first-order valence-electron chi connectivity index (χ1n) is 7.69. The molecule has 0 saturated carbocycles. The van der Waals surface area contributed by atoms with Crippen molar-refractivity contribution in [2.24, 2.45) is 0 Å². The van der Waals surface area contributed by atoms with Crippen molar-refractivity contribution in [1.29, 1.82) is 0 Å². The molecule has 6 nitrogen and oxygen atoms in total. The molecule has 2 amide bonds. The Morgan fingerprint density at radius 2 is 1.48 bits per heavy atom. The second-order valence-corrected chi connectivity index (χ2v) is 7.18. The minimum Gasteiger partial charge on any atom is -0.366 e. The van der Waals surface area contributed by atoms with E-state index in [-0.39, 0.29) is 5.91 Å². The molecular formula is C15H27N3O3. The molecule has 2 fully saturated rings. The lowest BCUT2D eigenvalue weighted by Gasteiger charge is -2.47. The first-order valence-corrected chi connectivity index (χ1v) is 7.69. The highest BCUT2D eigenvalue weighted by molar-refractivity contribution is 6.35. The van der Waals surface area contributed by atoms with Crippen LogP contribution in [-0.2, 0) is 14.3 Å². The molecule has 2 aliphatic rings. The van der Waals surface area contributed by atoms with Crippen molar-refractivity contribution in [1.82, 2.24) is 15.1 Å². The molecule has 0 unspecified atom stereocenters. The summed E-state index contributed by atoms with van der Waals surface area (Å²) in [5.74, 6) is -0.784. The summed E-state index contributed by atoms with van der Waals surface area (Å²) < 4.78 is 5.96. The molecule has 21 heavy (non-hydrogen) atoms. The van der Waals surface area contributed by atoms with Gasteiger partial charge in [-0.25, -0.2) is 0 Å². The molecule has 1 N–H and O–H groups in total. The van der Waals surface area contributed by atoms with E-state index in [0.717, 1.165) is 19.5 Å². The highest BCUT2D eigenvalue weighted by Gasteiger charge is 2.42. The quantitative estimate of drug-likeness (QED) is 0.650. The Balaban J connectivity index is 2.05. The van der Waals surface area contributed by atoms with Gasteiger partial charge in [-0.3, -0.25) is 9.59 Å². The van der Waals surface area contributed by atoms with Gasteiger partial charge in [0.2, 0.25) is 0 Å². The molecule has 2 saturated heterocycles. The third kappa shape index (κ3) is 4.17. The molecule has 0 bridgehead atoms. The first kappa shape index (κ1) is 16.2. The molecule has 2 aliphatic heterocycles. The number of nitrogens with one attached hydrogen (secondary N) is 1. The molecule has 120 valence electrons. The van der Waals surface area contributed by atoms with E-state index in [0.29, 0.717) is 26.2 Å². The summed E-state index contributed by atoms with van der Waals surface area (Å²) in [6, 6.07) is 0. The van der Waals surface area contributed by atoms with E-state index in [4.69, 9.17) is 4.74 Å². The third-order valence-corrected chi connectivity index (χ3v) is 3.79. The van der Waals surface area contributed by atoms with E-state index < -0.39 is 17.1 Å². The molecule has 0 aromatic carbocycles. The first-order chi connectivity index (χ1) is 9.70. The molecule has 0 aromatic rings. The van der Waals surface area contributed by atoms with E-state index in [1.165, 1.54) is 0 Å². The van der Waals surface area contributed by atoms with Crippen molar-refractivity contribution in [3.63, 3.8) is 0 Å². The van der Waals surface area contributed by atoms with Gasteiger partial charge in [0.1, 0.15) is 0 Å². The summed E-state index contributed by atoms with van der Waals surface area (Å²) in [6.07, 6.45) is 0.888. The average Bonchev–Trinajstić information content (AvgIpc) is 2.62. The number of nitrogens with zero attached hydrogens (tertiary/aromatic N) is 2. The maximum Gasteiger partial charge on any atom is 0.312 e. The summed E-state index contributed by atoms with van der Waals surface area (Å²) in [5, 5.41) is 3.24. The average molecular weight is 297 g/mol. The fraction of sp³-hybridized carbons (Fsp3) is 0.867. The van der Waals surface area contributed by atoms with Crippen molar-refractivity contribution >= 4 is 11.8 Å². The summed E-state index contributed by atoms with van der Waals surface area (Å²) in [7, 11) is 0. The van der Waals surface area contributed by atoms with Crippen LogP contribution in [0.25, 0.3) is 0 Å². The molecular weight excluding hydrogens is 270 g/mol. The molecule has 0 atom stereocenters. The fourth-order valence-electron chi connectivity index (χ4n) is 3.25. The monoisotopic (exact) mass is 297 g/mol. The summed E-state index contributed by atoms with van der Waals surface area (Å²) in [5.41, 5.74) is -0.865. The van der Waals surface area contributed by atoms with Gasteiger partial charge in [-0.1, -0.05) is 0 Å². The lowest BCUT2D eigenvalue weighted by molar-refractivity contribution is -0.190. The SMILES string of the molecule is CC1(C)CN(C(=O)C(=O)N2CCCNCC2)CC(C)(C)O1. The predicted octanol–water partition coefficient (Wildman–Crippen LogP) is 0.224. The van der Waals surface area contributed by atoms with Crippen molar-refractivity contribution in [2.75, 3.05) is 39.3 Å². The maximum atomic E-state index is 12.5. The third-order valence-electron chi connectivity index (χ3n) is 3.79. The largest absolute Gasteiger partial charge is 0.366 e. The number of hydrogen-bond donors (Lipinski definition) is 1. The van der Waals surface area contributed by atoms with Gasteiger partial charge in [0.25, 0.3) is 0 Å². The van der Waals surface area contributed by atoms with Crippen LogP contribution in [0.4, 0.5) is 0 Å². The number of morpholine rings is 1. The van der Waals surface area contributed by atoms with Crippen molar-refractivity contribution in [3.8, 4) is 0 Å². The fourth-order valence-corrected chi connectivity index (χ4v) is 3.25. The van der Waals surface area contributed by atoms with Crippen LogP contribution in [0.5, 0.6) is 0 Å². The van der Waals surface area contributed by atoms with Crippen LogP contribution in [-0.4, -0.2) is 72.1 Å². The number of hydrogen-bond acceptors (Lipinski definition) is 4. The van der Waals surface area contributed by atoms with E-state index in [1.54, 1.807) is 9.80 Å². The number of ether oxygens (including phenoxy) is 1. The summed E-state index contributed by atoms with van der Waals surface area (Å²) in [6.45, 7) is 11.6. The van der Waals surface area contributed by atoms with Crippen molar-refractivity contribution < 1.29 is 14.3 Å². The smallest absolute Gasteiger partial charge is 0.312 e. The standard InChI is InChI=1S/C15H27N3O3/c1-14(2)10-18(11-15(3,4)21-14)13(20)12(19)17-8-5-6-16-7-9-17/h16H,5-11H2,1-4H3. The Labute approximate surface area is 126 Å². The molecule has 0 aliphatic carbocycles. The lowest BCUT2D eigenvalue weighted by atomic mass is 9.99. The summed E-state index contributed by atoms with van der Waals surface area (Å²) in [4.78, 5) is 28.3. The second kappa shape index (κ2) is 5.93. The van der Waals surface area contributed by atoms with Gasteiger partial charge >= 0.3 is 11.8 Å². The minimum atomic E-state index is -0.433. The van der Waals surface area contributed by atoms with E-state index in [2.05, 4.69) is 5.32 Å². The zero-order valence-electron chi connectivity index (χ0n) is 13.6. The van der Waals surface area contributed by atoms with Gasteiger partial charge in [0, 0.05) is 32.7 Å². The maximum absolute atomic E-state index is 12.5. The number of amides is 2. The van der Waals surface area contributed by atoms with Gasteiger partial charge in [-0.15, -0.1) is 0 Å². The lowest BCUT2D eigenvalue weighted by Crippen LogP contribution is -2.61. The van der Waals surface area contributed by atoms with Crippen LogP contribution < -0.4 is 5.32 Å². The zero-order valence-corrected chi connectivity index (χ0v) is 13.6. The normalized spacial score (nSPS) is 25.3. The highest BCUT2D eigenvalue weighted by atomic mass is 16.5. The van der Waals surface area contributed by atoms with E-state index in [1.807, 2.05) is 27.7 Å². The van der Waals surface area contributed by atoms with Gasteiger partial charge in [0.05, 0.1) is 11.2 Å².